The largest absolute Gasteiger partial charge is 0.545 e. The van der Waals surface area contributed by atoms with Gasteiger partial charge in [-0.25, -0.2) is 0 Å². The van der Waals surface area contributed by atoms with Crippen LogP contribution in [0.15, 0.2) is 28.7 Å². The number of rotatable bonds is 0. The molecule has 0 N–H and O–H groups in total. The van der Waals surface area contributed by atoms with Crippen LogP contribution in [0.3, 0.4) is 0 Å². The van der Waals surface area contributed by atoms with Gasteiger partial charge in [0, 0.05) is 5.39 Å². The zero-order valence-electron chi connectivity index (χ0n) is 6.02. The molecule has 0 bridgehead atoms. The van der Waals surface area contributed by atoms with Crippen LogP contribution in [0.4, 0.5) is 5.88 Å². The molecule has 0 saturated heterocycles. The second-order valence-electron chi connectivity index (χ2n) is 2.34. The Kier molecular flexibility index (Phi) is 1.25. The van der Waals surface area contributed by atoms with E-state index in [1.54, 1.807) is 24.3 Å². The van der Waals surface area contributed by atoms with E-state index in [9.17, 15) is 5.11 Å². The van der Waals surface area contributed by atoms with Gasteiger partial charge in [-0.15, -0.1) is 0 Å². The minimum Gasteiger partial charge on any atom is -0.545 e. The molecule has 2 rings (SSSR count). The number of diazo groups is 1. The number of hydrogen-bond donors (Lipinski definition) is 0. The van der Waals surface area contributed by atoms with Crippen molar-refractivity contribution in [3.05, 3.63) is 29.2 Å². The Balaban J connectivity index is 2.94. The smallest absolute Gasteiger partial charge is 0.455 e. The van der Waals surface area contributed by atoms with Crippen molar-refractivity contribution in [2.45, 2.75) is 0 Å². The maximum absolute atomic E-state index is 11.0. The third-order valence-electron chi connectivity index (χ3n) is 1.66. The lowest BCUT2D eigenvalue weighted by molar-refractivity contribution is -0.290. The highest BCUT2D eigenvalue weighted by Crippen LogP contribution is 2.34. The summed E-state index contributed by atoms with van der Waals surface area (Å²) in [6.07, 6.45) is 0. The molecule has 1 aromatic carbocycles. The highest BCUT2D eigenvalue weighted by Gasteiger charge is 2.12. The fraction of sp³-hybridized carbons (Fsp3) is 0. The highest BCUT2D eigenvalue weighted by atomic mass is 16.5. The zero-order chi connectivity index (χ0) is 8.55. The third-order valence-corrected chi connectivity index (χ3v) is 1.66. The van der Waals surface area contributed by atoms with Crippen LogP contribution in [0, 0.1) is 5.39 Å². The monoisotopic (exact) mass is 160 g/mol. The van der Waals surface area contributed by atoms with Crippen LogP contribution in [0.1, 0.15) is 0 Å². The van der Waals surface area contributed by atoms with Gasteiger partial charge in [0.2, 0.25) is 5.39 Å². The lowest BCUT2D eigenvalue weighted by atomic mass is 10.2. The lowest BCUT2D eigenvalue weighted by Gasteiger charge is -1.90. The van der Waals surface area contributed by atoms with Crippen molar-refractivity contribution >= 4 is 16.7 Å². The summed E-state index contributed by atoms with van der Waals surface area (Å²) in [4.78, 5) is 2.85. The van der Waals surface area contributed by atoms with Crippen LogP contribution < -0.4 is 5.11 Å². The van der Waals surface area contributed by atoms with E-state index in [1.165, 1.54) is 0 Å². The first kappa shape index (κ1) is 6.68. The molecule has 0 amide bonds. The van der Waals surface area contributed by atoms with Gasteiger partial charge in [-0.2, -0.15) is 0 Å². The summed E-state index contributed by atoms with van der Waals surface area (Å²) in [6.45, 7) is 0. The molecule has 0 aliphatic rings. The fourth-order valence-corrected chi connectivity index (χ4v) is 1.12. The number of hydrogen-bond acceptors (Lipinski definition) is 3. The Morgan fingerprint density at radius 2 is 1.92 bits per heavy atom. The number of nitrogens with zero attached hydrogens (tertiary/aromatic N) is 2. The first-order valence-electron chi connectivity index (χ1n) is 3.36. The molecule has 0 atom stereocenters. The van der Waals surface area contributed by atoms with E-state index in [4.69, 9.17) is 5.39 Å². The van der Waals surface area contributed by atoms with Crippen molar-refractivity contribution in [2.75, 3.05) is 0 Å². The van der Waals surface area contributed by atoms with Crippen molar-refractivity contribution in [1.82, 2.24) is 0 Å². The molecule has 4 heteroatoms. The Labute approximate surface area is 67.7 Å². The van der Waals surface area contributed by atoms with Gasteiger partial charge in [0.1, 0.15) is 0 Å². The molecule has 0 aliphatic heterocycles. The Hall–Kier alpha value is -2.02. The highest BCUT2D eigenvalue weighted by molar-refractivity contribution is 5.95. The van der Waals surface area contributed by atoms with Gasteiger partial charge in [0.05, 0.1) is 11.3 Å². The van der Waals surface area contributed by atoms with Gasteiger partial charge >= 0.3 is 5.88 Å². The molecular formula is C8H4N2O2. The Bertz CT molecular complexity index is 467. The minimum absolute atomic E-state index is 0.0319. The normalized spacial score (nSPS) is 9.92. The third kappa shape index (κ3) is 0.736. The van der Waals surface area contributed by atoms with E-state index in [0.29, 0.717) is 10.8 Å². The van der Waals surface area contributed by atoms with Gasteiger partial charge in [-0.1, -0.05) is 18.2 Å². The van der Waals surface area contributed by atoms with Gasteiger partial charge in [-0.3, -0.25) is 0 Å². The molecule has 1 aromatic heterocycles. The predicted octanol–water partition coefficient (Wildman–Crippen LogP) is 1.99. The molecule has 0 radical (unpaired) electrons. The molecule has 0 saturated carbocycles. The Morgan fingerprint density at radius 3 is 2.58 bits per heavy atom. The molecule has 12 heavy (non-hydrogen) atoms. The topological polar surface area (TPSA) is 64.3 Å². The summed E-state index contributed by atoms with van der Waals surface area (Å²) >= 11 is 0. The molecular weight excluding hydrogens is 156 g/mol. The molecule has 58 valence electrons. The van der Waals surface area contributed by atoms with E-state index in [0.717, 1.165) is 0 Å². The molecule has 4 nitrogen and oxygen atoms in total. The summed E-state index contributed by atoms with van der Waals surface area (Å²) in [6, 6.07) is 6.75. The first-order valence-corrected chi connectivity index (χ1v) is 3.36. The molecule has 1 heterocycles. The zero-order valence-corrected chi connectivity index (χ0v) is 6.02. The fourth-order valence-electron chi connectivity index (χ4n) is 1.12. The van der Waals surface area contributed by atoms with Gasteiger partial charge in [0.15, 0.2) is 4.98 Å². The Morgan fingerprint density at radius 1 is 1.25 bits per heavy atom. The molecule has 0 aliphatic carbocycles. The lowest BCUT2D eigenvalue weighted by Crippen LogP contribution is -1.84. The van der Waals surface area contributed by atoms with E-state index in [2.05, 4.69) is 9.39 Å². The first-order chi connectivity index (χ1) is 5.83. The summed E-state index contributed by atoms with van der Waals surface area (Å²) in [7, 11) is 0. The van der Waals surface area contributed by atoms with Crippen molar-refractivity contribution in [3.63, 3.8) is 0 Å². The summed E-state index contributed by atoms with van der Waals surface area (Å²) in [5.74, 6) is -0.506. The number of benzene rings is 1. The average Bonchev–Trinajstić information content (AvgIpc) is 2.44. The maximum atomic E-state index is 11.0. The maximum Gasteiger partial charge on any atom is 0.455 e. The summed E-state index contributed by atoms with van der Waals surface area (Å²) in [5.41, 5.74) is 0. The van der Waals surface area contributed by atoms with Gasteiger partial charge in [0.25, 0.3) is 0 Å². The van der Waals surface area contributed by atoms with Gasteiger partial charge in [-0.05, 0) is 6.07 Å². The van der Waals surface area contributed by atoms with Crippen LogP contribution in [-0.2, 0) is 0 Å². The number of fused-ring (bicyclic) bond motifs is 1. The molecule has 0 fully saturated rings. The average molecular weight is 160 g/mol. The van der Waals surface area contributed by atoms with E-state index >= 15 is 0 Å². The molecule has 0 unspecified atom stereocenters. The van der Waals surface area contributed by atoms with Crippen LogP contribution >= 0.6 is 0 Å². The van der Waals surface area contributed by atoms with Crippen LogP contribution in [0.25, 0.3) is 15.7 Å². The van der Waals surface area contributed by atoms with Crippen molar-refractivity contribution < 1.29 is 9.52 Å². The SMILES string of the molecule is N#[N+]c1oc([O-])c2ccccc12. The van der Waals surface area contributed by atoms with Crippen LogP contribution in [0.5, 0.6) is 5.95 Å². The van der Waals surface area contributed by atoms with E-state index in [-0.39, 0.29) is 5.88 Å². The van der Waals surface area contributed by atoms with Crippen molar-refractivity contribution in [2.24, 2.45) is 0 Å². The summed E-state index contributed by atoms with van der Waals surface area (Å²) in [5, 5.41) is 20.4. The number of furan rings is 1. The van der Waals surface area contributed by atoms with Crippen molar-refractivity contribution in [1.29, 1.82) is 5.39 Å². The van der Waals surface area contributed by atoms with E-state index in [1.807, 2.05) is 0 Å². The predicted molar refractivity (Wildman–Crippen MR) is 40.4 cm³/mol. The van der Waals surface area contributed by atoms with Crippen LogP contribution in [0.2, 0.25) is 0 Å². The molecule has 2 aromatic rings. The van der Waals surface area contributed by atoms with E-state index < -0.39 is 5.95 Å². The van der Waals surface area contributed by atoms with Crippen LogP contribution in [-0.4, -0.2) is 0 Å². The minimum atomic E-state index is -0.474. The quantitative estimate of drug-likeness (QED) is 0.553. The molecule has 0 spiro atoms. The summed E-state index contributed by atoms with van der Waals surface area (Å²) < 4.78 is 4.64. The second kappa shape index (κ2) is 2.24. The van der Waals surface area contributed by atoms with Gasteiger partial charge < -0.3 is 9.52 Å². The second-order valence-corrected chi connectivity index (χ2v) is 2.34. The standard InChI is InChI=1S/C8H4N2O2/c9-10-7-5-3-1-2-4-6(5)8(11)12-7/h1-4H. The van der Waals surface area contributed by atoms with Crippen molar-refractivity contribution in [3.8, 4) is 5.95 Å².